The lowest BCUT2D eigenvalue weighted by molar-refractivity contribution is -0.137. The summed E-state index contributed by atoms with van der Waals surface area (Å²) in [7, 11) is 0. The van der Waals surface area contributed by atoms with E-state index < -0.39 is 11.9 Å². The first-order valence-electron chi connectivity index (χ1n) is 11.4. The van der Waals surface area contributed by atoms with Gasteiger partial charge in [-0.15, -0.1) is 0 Å². The standard InChI is InChI=1S/C29H27NO5/c1-2-28(31)34-20-8-4-3-7-19-33-25-17-15-24(16-18-25)29(32)35-27-10-6-5-9-26(27)23-13-11-22(21-30)12-14-23/h2,5-6,9-18H,1,3-4,7-8,19-20H2. The van der Waals surface area contributed by atoms with E-state index in [0.29, 0.717) is 35.8 Å². The van der Waals surface area contributed by atoms with Crippen LogP contribution in [-0.2, 0) is 9.53 Å². The quantitative estimate of drug-likeness (QED) is 0.138. The minimum Gasteiger partial charge on any atom is -0.494 e. The lowest BCUT2D eigenvalue weighted by Crippen LogP contribution is -2.09. The fourth-order valence-electron chi connectivity index (χ4n) is 3.34. The third kappa shape index (κ3) is 7.86. The van der Waals surface area contributed by atoms with E-state index in [9.17, 15) is 9.59 Å². The second-order valence-corrected chi connectivity index (χ2v) is 7.73. The lowest BCUT2D eigenvalue weighted by atomic mass is 10.0. The van der Waals surface area contributed by atoms with Crippen molar-refractivity contribution in [1.82, 2.24) is 0 Å². The number of hydrogen-bond donors (Lipinski definition) is 0. The average Bonchev–Trinajstić information content (AvgIpc) is 2.90. The molecule has 0 radical (unpaired) electrons. The van der Waals surface area contributed by atoms with Crippen molar-refractivity contribution in [2.24, 2.45) is 0 Å². The molecule has 3 aromatic carbocycles. The van der Waals surface area contributed by atoms with E-state index in [0.717, 1.165) is 42.9 Å². The van der Waals surface area contributed by atoms with Gasteiger partial charge in [0.1, 0.15) is 11.5 Å². The maximum Gasteiger partial charge on any atom is 0.343 e. The summed E-state index contributed by atoms with van der Waals surface area (Å²) in [6.45, 7) is 4.32. The molecular weight excluding hydrogens is 442 g/mol. The van der Waals surface area contributed by atoms with Crippen LogP contribution in [0.15, 0.2) is 85.5 Å². The van der Waals surface area contributed by atoms with Crippen LogP contribution in [0.2, 0.25) is 0 Å². The fraction of sp³-hybridized carbons (Fsp3) is 0.207. The molecule has 0 saturated carbocycles. The number of para-hydroxylation sites is 1. The zero-order chi connectivity index (χ0) is 24.9. The van der Waals surface area contributed by atoms with E-state index >= 15 is 0 Å². The summed E-state index contributed by atoms with van der Waals surface area (Å²) in [5, 5.41) is 9.00. The average molecular weight is 470 g/mol. The van der Waals surface area contributed by atoms with Gasteiger partial charge in [0.25, 0.3) is 0 Å². The number of ether oxygens (including phenoxy) is 3. The molecule has 3 rings (SSSR count). The summed E-state index contributed by atoms with van der Waals surface area (Å²) in [5.41, 5.74) is 2.61. The van der Waals surface area contributed by atoms with Crippen LogP contribution in [0.5, 0.6) is 11.5 Å². The second-order valence-electron chi connectivity index (χ2n) is 7.73. The van der Waals surface area contributed by atoms with E-state index in [1.54, 1.807) is 48.5 Å². The fourth-order valence-corrected chi connectivity index (χ4v) is 3.34. The number of esters is 2. The van der Waals surface area contributed by atoms with Crippen LogP contribution in [0, 0.1) is 11.3 Å². The van der Waals surface area contributed by atoms with Crippen molar-refractivity contribution in [3.63, 3.8) is 0 Å². The van der Waals surface area contributed by atoms with E-state index in [-0.39, 0.29) is 0 Å². The molecule has 0 aliphatic rings. The largest absolute Gasteiger partial charge is 0.494 e. The molecule has 178 valence electrons. The highest BCUT2D eigenvalue weighted by atomic mass is 16.5. The molecule has 0 aromatic heterocycles. The van der Waals surface area contributed by atoms with Gasteiger partial charge in [-0.25, -0.2) is 9.59 Å². The van der Waals surface area contributed by atoms with Gasteiger partial charge in [-0.05, 0) is 73.7 Å². The van der Waals surface area contributed by atoms with Gasteiger partial charge in [-0.2, -0.15) is 5.26 Å². The monoisotopic (exact) mass is 469 g/mol. The summed E-state index contributed by atoms with van der Waals surface area (Å²) in [6.07, 6.45) is 4.77. The Kier molecular flexibility index (Phi) is 9.64. The number of carbonyl (C=O) groups is 2. The normalized spacial score (nSPS) is 10.1. The summed E-state index contributed by atoms with van der Waals surface area (Å²) in [4.78, 5) is 23.7. The molecule has 0 heterocycles. The predicted molar refractivity (Wildman–Crippen MR) is 133 cm³/mol. The highest BCUT2D eigenvalue weighted by molar-refractivity contribution is 5.92. The first-order chi connectivity index (χ1) is 17.1. The van der Waals surface area contributed by atoms with Crippen molar-refractivity contribution in [3.8, 4) is 28.7 Å². The molecule has 3 aromatic rings. The third-order valence-corrected chi connectivity index (χ3v) is 5.22. The van der Waals surface area contributed by atoms with Crippen molar-refractivity contribution >= 4 is 11.9 Å². The number of carbonyl (C=O) groups excluding carboxylic acids is 2. The Morgan fingerprint density at radius 3 is 2.23 bits per heavy atom. The van der Waals surface area contributed by atoms with Crippen molar-refractivity contribution in [1.29, 1.82) is 5.26 Å². The van der Waals surface area contributed by atoms with Crippen LogP contribution in [0.4, 0.5) is 0 Å². The first-order valence-corrected chi connectivity index (χ1v) is 11.4. The molecule has 0 aliphatic carbocycles. The lowest BCUT2D eigenvalue weighted by Gasteiger charge is -2.11. The zero-order valence-electron chi connectivity index (χ0n) is 19.4. The molecule has 0 N–H and O–H groups in total. The molecule has 6 heteroatoms. The number of rotatable bonds is 12. The minimum absolute atomic E-state index is 0.392. The Balaban J connectivity index is 1.47. The molecule has 0 spiro atoms. The van der Waals surface area contributed by atoms with Gasteiger partial charge < -0.3 is 14.2 Å². The number of hydrogen-bond acceptors (Lipinski definition) is 6. The second kappa shape index (κ2) is 13.4. The van der Waals surface area contributed by atoms with E-state index in [1.807, 2.05) is 24.3 Å². The van der Waals surface area contributed by atoms with Crippen LogP contribution in [-0.4, -0.2) is 25.2 Å². The molecular formula is C29H27NO5. The zero-order valence-corrected chi connectivity index (χ0v) is 19.4. The highest BCUT2D eigenvalue weighted by Gasteiger charge is 2.13. The number of unbranched alkanes of at least 4 members (excludes halogenated alkanes) is 3. The Labute approximate surface area is 205 Å². The van der Waals surface area contributed by atoms with Gasteiger partial charge in [0.15, 0.2) is 0 Å². The van der Waals surface area contributed by atoms with Gasteiger partial charge in [0, 0.05) is 11.6 Å². The summed E-state index contributed by atoms with van der Waals surface area (Å²) >= 11 is 0. The first kappa shape index (κ1) is 25.3. The van der Waals surface area contributed by atoms with Crippen molar-refractivity contribution in [2.45, 2.75) is 25.7 Å². The van der Waals surface area contributed by atoms with Crippen molar-refractivity contribution in [3.05, 3.63) is 96.6 Å². The van der Waals surface area contributed by atoms with Gasteiger partial charge in [-0.1, -0.05) is 36.9 Å². The van der Waals surface area contributed by atoms with Crippen molar-refractivity contribution < 1.29 is 23.8 Å². The number of nitrogens with zero attached hydrogens (tertiary/aromatic N) is 1. The van der Waals surface area contributed by atoms with Gasteiger partial charge in [0.05, 0.1) is 30.4 Å². The van der Waals surface area contributed by atoms with Gasteiger partial charge in [0.2, 0.25) is 0 Å². The predicted octanol–water partition coefficient (Wildman–Crippen LogP) is 6.11. The summed E-state index contributed by atoms with van der Waals surface area (Å²) in [5.74, 6) is 0.271. The van der Waals surface area contributed by atoms with Crippen molar-refractivity contribution in [2.75, 3.05) is 13.2 Å². The topological polar surface area (TPSA) is 85.6 Å². The molecule has 0 atom stereocenters. The van der Waals surface area contributed by atoms with Gasteiger partial charge >= 0.3 is 11.9 Å². The smallest absolute Gasteiger partial charge is 0.343 e. The minimum atomic E-state index is -0.463. The van der Waals surface area contributed by atoms with Crippen LogP contribution in [0.25, 0.3) is 11.1 Å². The SMILES string of the molecule is C=CC(=O)OCCCCCCOc1ccc(C(=O)Oc2ccccc2-c2ccc(C#N)cc2)cc1. The molecule has 0 bridgehead atoms. The van der Waals surface area contributed by atoms with Crippen LogP contribution < -0.4 is 9.47 Å². The summed E-state index contributed by atoms with van der Waals surface area (Å²) in [6, 6.07) is 23.3. The van der Waals surface area contributed by atoms with Crippen LogP contribution in [0.1, 0.15) is 41.6 Å². The maximum absolute atomic E-state index is 12.7. The molecule has 0 fully saturated rings. The summed E-state index contributed by atoms with van der Waals surface area (Å²) < 4.78 is 16.3. The molecule has 0 saturated heterocycles. The number of benzene rings is 3. The van der Waals surface area contributed by atoms with Gasteiger partial charge in [-0.3, -0.25) is 0 Å². The molecule has 0 aliphatic heterocycles. The van der Waals surface area contributed by atoms with Crippen LogP contribution in [0.3, 0.4) is 0 Å². The third-order valence-electron chi connectivity index (χ3n) is 5.22. The Hall–Kier alpha value is -4.37. The Morgan fingerprint density at radius 2 is 1.54 bits per heavy atom. The Bertz CT molecular complexity index is 1180. The van der Waals surface area contributed by atoms with E-state index in [2.05, 4.69) is 12.6 Å². The van der Waals surface area contributed by atoms with E-state index in [4.69, 9.17) is 19.5 Å². The number of nitriles is 1. The van der Waals surface area contributed by atoms with E-state index in [1.165, 1.54) is 0 Å². The Morgan fingerprint density at radius 1 is 0.857 bits per heavy atom. The maximum atomic E-state index is 12.7. The highest BCUT2D eigenvalue weighted by Crippen LogP contribution is 2.30. The molecule has 6 nitrogen and oxygen atoms in total. The molecule has 0 amide bonds. The molecule has 35 heavy (non-hydrogen) atoms. The van der Waals surface area contributed by atoms with Crippen LogP contribution >= 0.6 is 0 Å². The molecule has 0 unspecified atom stereocenters.